The first kappa shape index (κ1) is 13.4. The molecule has 0 rings (SSSR count). The lowest BCUT2D eigenvalue weighted by Crippen LogP contribution is -2.41. The Hall–Kier alpha value is -0.570. The average Bonchev–Trinajstić information content (AvgIpc) is 2.13. The summed E-state index contributed by atoms with van der Waals surface area (Å²) in [4.78, 5) is 13.6. The van der Waals surface area contributed by atoms with E-state index in [4.69, 9.17) is 5.11 Å². The molecule has 0 saturated carbocycles. The van der Waals surface area contributed by atoms with Gasteiger partial charge in [0.15, 0.2) is 0 Å². The number of aliphatic hydroxyl groups is 1. The van der Waals surface area contributed by atoms with Gasteiger partial charge in [0, 0.05) is 18.5 Å². The Bertz CT molecular complexity index is 169. The van der Waals surface area contributed by atoms with Gasteiger partial charge >= 0.3 is 0 Å². The van der Waals surface area contributed by atoms with E-state index < -0.39 is 0 Å². The highest BCUT2D eigenvalue weighted by molar-refractivity contribution is 5.78. The van der Waals surface area contributed by atoms with Gasteiger partial charge in [0.05, 0.1) is 6.61 Å². The maximum atomic E-state index is 11.9. The number of rotatable bonds is 6. The number of hydrogen-bond donors (Lipinski definition) is 1. The van der Waals surface area contributed by atoms with E-state index in [-0.39, 0.29) is 24.5 Å². The van der Waals surface area contributed by atoms with E-state index in [0.717, 1.165) is 12.8 Å². The third-order valence-electron chi connectivity index (χ3n) is 2.39. The van der Waals surface area contributed by atoms with Crippen LogP contribution in [-0.2, 0) is 4.79 Å². The first-order valence-electron chi connectivity index (χ1n) is 5.45. The van der Waals surface area contributed by atoms with Crippen molar-refractivity contribution in [1.29, 1.82) is 0 Å². The largest absolute Gasteiger partial charge is 0.395 e. The number of hydrogen-bond acceptors (Lipinski definition) is 2. The lowest BCUT2D eigenvalue weighted by molar-refractivity contribution is -0.137. The Balaban J connectivity index is 4.27. The molecular weight excluding hydrogens is 178 g/mol. The molecule has 0 aromatic heterocycles. The molecule has 0 saturated heterocycles. The van der Waals surface area contributed by atoms with Crippen LogP contribution in [0.1, 0.15) is 40.5 Å². The van der Waals surface area contributed by atoms with Gasteiger partial charge in [-0.1, -0.05) is 20.3 Å². The zero-order valence-corrected chi connectivity index (χ0v) is 9.79. The summed E-state index contributed by atoms with van der Waals surface area (Å²) in [6, 6.07) is 0.175. The molecule has 0 aromatic carbocycles. The van der Waals surface area contributed by atoms with Gasteiger partial charge in [0.25, 0.3) is 0 Å². The van der Waals surface area contributed by atoms with Crippen LogP contribution in [0.5, 0.6) is 0 Å². The van der Waals surface area contributed by atoms with Crippen molar-refractivity contribution in [2.24, 2.45) is 5.92 Å². The van der Waals surface area contributed by atoms with Crippen LogP contribution in [0.3, 0.4) is 0 Å². The smallest absolute Gasteiger partial charge is 0.225 e. The molecule has 0 aliphatic rings. The SMILES string of the molecule is CCCC(C)C(=O)N(CCO)C(C)C. The molecule has 1 unspecified atom stereocenters. The second kappa shape index (κ2) is 6.82. The van der Waals surface area contributed by atoms with E-state index in [1.807, 2.05) is 20.8 Å². The van der Waals surface area contributed by atoms with Crippen LogP contribution in [0.4, 0.5) is 0 Å². The zero-order valence-electron chi connectivity index (χ0n) is 9.79. The van der Waals surface area contributed by atoms with Gasteiger partial charge in [-0.15, -0.1) is 0 Å². The zero-order chi connectivity index (χ0) is 11.1. The number of nitrogens with zero attached hydrogens (tertiary/aromatic N) is 1. The van der Waals surface area contributed by atoms with E-state index in [0.29, 0.717) is 6.54 Å². The molecule has 0 aromatic rings. The van der Waals surface area contributed by atoms with E-state index >= 15 is 0 Å². The molecule has 3 heteroatoms. The van der Waals surface area contributed by atoms with E-state index in [1.54, 1.807) is 4.90 Å². The molecule has 0 spiro atoms. The Kier molecular flexibility index (Phi) is 6.54. The van der Waals surface area contributed by atoms with Crippen LogP contribution in [0.2, 0.25) is 0 Å². The molecule has 1 N–H and O–H groups in total. The number of amides is 1. The first-order chi connectivity index (χ1) is 6.54. The van der Waals surface area contributed by atoms with Gasteiger partial charge in [0.2, 0.25) is 5.91 Å². The van der Waals surface area contributed by atoms with Gasteiger partial charge < -0.3 is 10.0 Å². The monoisotopic (exact) mass is 201 g/mol. The van der Waals surface area contributed by atoms with Crippen molar-refractivity contribution in [3.05, 3.63) is 0 Å². The molecule has 3 nitrogen and oxygen atoms in total. The Morgan fingerprint density at radius 3 is 2.29 bits per heavy atom. The Morgan fingerprint density at radius 2 is 1.93 bits per heavy atom. The summed E-state index contributed by atoms with van der Waals surface area (Å²) in [5.41, 5.74) is 0. The molecule has 1 atom stereocenters. The third kappa shape index (κ3) is 4.09. The molecule has 1 amide bonds. The van der Waals surface area contributed by atoms with Crippen molar-refractivity contribution >= 4 is 5.91 Å². The van der Waals surface area contributed by atoms with Crippen molar-refractivity contribution < 1.29 is 9.90 Å². The quantitative estimate of drug-likeness (QED) is 0.710. The normalized spacial score (nSPS) is 13.0. The van der Waals surface area contributed by atoms with Crippen LogP contribution in [0.25, 0.3) is 0 Å². The predicted molar refractivity (Wildman–Crippen MR) is 58.0 cm³/mol. The topological polar surface area (TPSA) is 40.5 Å². The molecule has 0 radical (unpaired) electrons. The second-order valence-corrected chi connectivity index (χ2v) is 4.04. The predicted octanol–water partition coefficient (Wildman–Crippen LogP) is 1.65. The van der Waals surface area contributed by atoms with Crippen LogP contribution in [0, 0.1) is 5.92 Å². The fourth-order valence-corrected chi connectivity index (χ4v) is 1.57. The summed E-state index contributed by atoms with van der Waals surface area (Å²) in [6.07, 6.45) is 1.95. The molecule has 0 aliphatic heterocycles. The lowest BCUT2D eigenvalue weighted by atomic mass is 10.0. The van der Waals surface area contributed by atoms with Crippen LogP contribution < -0.4 is 0 Å². The maximum Gasteiger partial charge on any atom is 0.225 e. The van der Waals surface area contributed by atoms with Gasteiger partial charge in [-0.3, -0.25) is 4.79 Å². The molecular formula is C11H23NO2. The van der Waals surface area contributed by atoms with E-state index in [9.17, 15) is 4.79 Å². The average molecular weight is 201 g/mol. The van der Waals surface area contributed by atoms with Crippen molar-refractivity contribution in [2.75, 3.05) is 13.2 Å². The molecule has 84 valence electrons. The van der Waals surface area contributed by atoms with Crippen LogP contribution in [0.15, 0.2) is 0 Å². The summed E-state index contributed by atoms with van der Waals surface area (Å²) in [5, 5.41) is 8.85. The highest BCUT2D eigenvalue weighted by Crippen LogP contribution is 2.11. The first-order valence-corrected chi connectivity index (χ1v) is 5.45. The minimum atomic E-state index is 0.0444. The highest BCUT2D eigenvalue weighted by Gasteiger charge is 2.21. The van der Waals surface area contributed by atoms with Gasteiger partial charge in [-0.25, -0.2) is 0 Å². The fourth-order valence-electron chi connectivity index (χ4n) is 1.57. The second-order valence-electron chi connectivity index (χ2n) is 4.04. The standard InChI is InChI=1S/C11H23NO2/c1-5-6-10(4)11(14)12(7-8-13)9(2)3/h9-10,13H,5-8H2,1-4H3. The number of aliphatic hydroxyl groups excluding tert-OH is 1. The lowest BCUT2D eigenvalue weighted by Gasteiger charge is -2.28. The third-order valence-corrected chi connectivity index (χ3v) is 2.39. The molecule has 0 fully saturated rings. The number of carbonyl (C=O) groups is 1. The van der Waals surface area contributed by atoms with E-state index in [1.165, 1.54) is 0 Å². The van der Waals surface area contributed by atoms with Crippen molar-refractivity contribution in [3.63, 3.8) is 0 Å². The van der Waals surface area contributed by atoms with Gasteiger partial charge in [0.1, 0.15) is 0 Å². The minimum absolute atomic E-state index is 0.0444. The van der Waals surface area contributed by atoms with Crippen LogP contribution >= 0.6 is 0 Å². The number of carbonyl (C=O) groups excluding carboxylic acids is 1. The van der Waals surface area contributed by atoms with Gasteiger partial charge in [-0.2, -0.15) is 0 Å². The van der Waals surface area contributed by atoms with E-state index in [2.05, 4.69) is 6.92 Å². The molecule has 0 heterocycles. The summed E-state index contributed by atoms with van der Waals surface area (Å²) < 4.78 is 0. The molecule has 0 bridgehead atoms. The van der Waals surface area contributed by atoms with Crippen molar-refractivity contribution in [1.82, 2.24) is 4.90 Å². The maximum absolute atomic E-state index is 11.9. The summed E-state index contributed by atoms with van der Waals surface area (Å²) >= 11 is 0. The van der Waals surface area contributed by atoms with Crippen LogP contribution in [-0.4, -0.2) is 35.1 Å². The summed E-state index contributed by atoms with van der Waals surface area (Å²) in [6.45, 7) is 8.49. The molecule has 0 aliphatic carbocycles. The minimum Gasteiger partial charge on any atom is -0.395 e. The summed E-state index contributed by atoms with van der Waals surface area (Å²) in [5.74, 6) is 0.241. The Morgan fingerprint density at radius 1 is 1.36 bits per heavy atom. The Labute approximate surface area is 87.1 Å². The van der Waals surface area contributed by atoms with Gasteiger partial charge in [-0.05, 0) is 20.3 Å². The summed E-state index contributed by atoms with van der Waals surface area (Å²) in [7, 11) is 0. The fraction of sp³-hybridized carbons (Fsp3) is 0.909. The van der Waals surface area contributed by atoms with Crippen molar-refractivity contribution in [3.8, 4) is 0 Å². The molecule has 14 heavy (non-hydrogen) atoms. The highest BCUT2D eigenvalue weighted by atomic mass is 16.3. The van der Waals surface area contributed by atoms with Crippen molar-refractivity contribution in [2.45, 2.75) is 46.6 Å².